The lowest BCUT2D eigenvalue weighted by Gasteiger charge is -2.15. The fourth-order valence-corrected chi connectivity index (χ4v) is 2.56. The molecule has 0 saturated carbocycles. The fraction of sp³-hybridized carbons (Fsp3) is 0.364. The molecular weight excluding hydrogens is 390 g/mol. The van der Waals surface area contributed by atoms with Crippen LogP contribution in [0.3, 0.4) is 0 Å². The molecular formula is C22H27NO7. The Morgan fingerprint density at radius 1 is 0.867 bits per heavy atom. The molecule has 0 saturated heterocycles. The topological polar surface area (TPSA) is 92.3 Å². The van der Waals surface area contributed by atoms with Crippen LogP contribution in [0.4, 0.5) is 5.69 Å². The van der Waals surface area contributed by atoms with E-state index in [4.69, 9.17) is 23.7 Å². The smallest absolute Gasteiger partial charge is 0.340 e. The second kappa shape index (κ2) is 11.5. The molecule has 1 amide bonds. The van der Waals surface area contributed by atoms with Gasteiger partial charge in [-0.15, -0.1) is 0 Å². The SMILES string of the molecule is CCCOc1ccc(OCCOC(=O)c2cc(OC)c(OC)cc2NC(C)=O)cc1. The van der Waals surface area contributed by atoms with Crippen LogP contribution in [-0.4, -0.2) is 45.9 Å². The van der Waals surface area contributed by atoms with Gasteiger partial charge in [-0.3, -0.25) is 4.79 Å². The number of hydrogen-bond donors (Lipinski definition) is 1. The van der Waals surface area contributed by atoms with Crippen LogP contribution in [0.1, 0.15) is 30.6 Å². The molecule has 0 unspecified atom stereocenters. The quantitative estimate of drug-likeness (QED) is 0.440. The second-order valence-corrected chi connectivity index (χ2v) is 6.24. The van der Waals surface area contributed by atoms with Crippen molar-refractivity contribution in [1.29, 1.82) is 0 Å². The Morgan fingerprint density at radius 3 is 1.97 bits per heavy atom. The molecule has 0 aliphatic carbocycles. The molecule has 1 N–H and O–H groups in total. The van der Waals surface area contributed by atoms with Crippen LogP contribution in [0.5, 0.6) is 23.0 Å². The first-order valence-corrected chi connectivity index (χ1v) is 9.54. The van der Waals surface area contributed by atoms with Crippen molar-refractivity contribution in [3.8, 4) is 23.0 Å². The molecule has 8 nitrogen and oxygen atoms in total. The van der Waals surface area contributed by atoms with Gasteiger partial charge in [0.05, 0.1) is 32.1 Å². The number of carbonyl (C=O) groups is 2. The molecule has 0 aliphatic heterocycles. The molecule has 0 aliphatic rings. The van der Waals surface area contributed by atoms with Crippen LogP contribution in [-0.2, 0) is 9.53 Å². The van der Waals surface area contributed by atoms with Gasteiger partial charge in [-0.05, 0) is 30.7 Å². The molecule has 0 spiro atoms. The number of rotatable bonds is 11. The highest BCUT2D eigenvalue weighted by molar-refractivity contribution is 6.01. The minimum atomic E-state index is -0.619. The van der Waals surface area contributed by atoms with Crippen LogP contribution in [0.2, 0.25) is 0 Å². The third-order valence-corrected chi connectivity index (χ3v) is 3.94. The van der Waals surface area contributed by atoms with E-state index in [9.17, 15) is 9.59 Å². The summed E-state index contributed by atoms with van der Waals surface area (Å²) < 4.78 is 26.8. The average Bonchev–Trinajstić information content (AvgIpc) is 2.75. The largest absolute Gasteiger partial charge is 0.494 e. The molecule has 2 aromatic carbocycles. The van der Waals surface area contributed by atoms with Crippen molar-refractivity contribution in [1.82, 2.24) is 0 Å². The summed E-state index contributed by atoms with van der Waals surface area (Å²) in [5.74, 6) is 1.19. The van der Waals surface area contributed by atoms with Gasteiger partial charge in [0.25, 0.3) is 0 Å². The predicted molar refractivity (Wildman–Crippen MR) is 112 cm³/mol. The van der Waals surface area contributed by atoms with E-state index in [-0.39, 0.29) is 30.4 Å². The van der Waals surface area contributed by atoms with Crippen molar-refractivity contribution in [3.05, 3.63) is 42.0 Å². The first-order chi connectivity index (χ1) is 14.5. The minimum Gasteiger partial charge on any atom is -0.494 e. The lowest BCUT2D eigenvalue weighted by molar-refractivity contribution is -0.114. The van der Waals surface area contributed by atoms with E-state index >= 15 is 0 Å². The molecule has 8 heteroatoms. The van der Waals surface area contributed by atoms with E-state index in [0.717, 1.165) is 12.2 Å². The predicted octanol–water partition coefficient (Wildman–Crippen LogP) is 3.69. The number of methoxy groups -OCH3 is 2. The molecule has 0 radical (unpaired) electrons. The van der Waals surface area contributed by atoms with Gasteiger partial charge in [-0.25, -0.2) is 4.79 Å². The molecule has 30 heavy (non-hydrogen) atoms. The van der Waals surface area contributed by atoms with Crippen LogP contribution < -0.4 is 24.3 Å². The Hall–Kier alpha value is -3.42. The van der Waals surface area contributed by atoms with E-state index in [1.54, 1.807) is 12.1 Å². The number of benzene rings is 2. The summed E-state index contributed by atoms with van der Waals surface area (Å²) in [6.07, 6.45) is 0.938. The van der Waals surface area contributed by atoms with Crippen LogP contribution in [0, 0.1) is 0 Å². The van der Waals surface area contributed by atoms with Gasteiger partial charge in [0.1, 0.15) is 24.7 Å². The Kier molecular flexibility index (Phi) is 8.80. The zero-order chi connectivity index (χ0) is 21.9. The molecule has 0 heterocycles. The summed E-state index contributed by atoms with van der Waals surface area (Å²) in [4.78, 5) is 24.0. The minimum absolute atomic E-state index is 0.0285. The van der Waals surface area contributed by atoms with E-state index in [1.165, 1.54) is 33.3 Å². The molecule has 0 aromatic heterocycles. The van der Waals surface area contributed by atoms with Gasteiger partial charge in [0.15, 0.2) is 11.5 Å². The third kappa shape index (κ3) is 6.58. The maximum absolute atomic E-state index is 12.5. The summed E-state index contributed by atoms with van der Waals surface area (Å²) in [6, 6.07) is 10.2. The summed E-state index contributed by atoms with van der Waals surface area (Å²) in [5.41, 5.74) is 0.425. The maximum Gasteiger partial charge on any atom is 0.340 e. The normalized spacial score (nSPS) is 10.1. The number of anilines is 1. The second-order valence-electron chi connectivity index (χ2n) is 6.24. The molecule has 162 valence electrons. The first kappa shape index (κ1) is 22.9. The zero-order valence-electron chi connectivity index (χ0n) is 17.7. The lowest BCUT2D eigenvalue weighted by atomic mass is 10.1. The van der Waals surface area contributed by atoms with Crippen LogP contribution in [0.25, 0.3) is 0 Å². The number of hydrogen-bond acceptors (Lipinski definition) is 7. The van der Waals surface area contributed by atoms with Crippen molar-refractivity contribution < 1.29 is 33.3 Å². The maximum atomic E-state index is 12.5. The van der Waals surface area contributed by atoms with E-state index in [1.807, 2.05) is 19.1 Å². The van der Waals surface area contributed by atoms with Gasteiger partial charge < -0.3 is 29.0 Å². The average molecular weight is 417 g/mol. The summed E-state index contributed by atoms with van der Waals surface area (Å²) >= 11 is 0. The fourth-order valence-electron chi connectivity index (χ4n) is 2.56. The zero-order valence-corrected chi connectivity index (χ0v) is 17.7. The Bertz CT molecular complexity index is 849. The van der Waals surface area contributed by atoms with Gasteiger partial charge in [-0.1, -0.05) is 6.92 Å². The highest BCUT2D eigenvalue weighted by Crippen LogP contribution is 2.33. The molecule has 2 aromatic rings. The van der Waals surface area contributed by atoms with E-state index < -0.39 is 5.97 Å². The number of esters is 1. The van der Waals surface area contributed by atoms with Gasteiger partial charge in [0.2, 0.25) is 5.91 Å². The van der Waals surface area contributed by atoms with Crippen LogP contribution >= 0.6 is 0 Å². The number of carbonyl (C=O) groups excluding carboxylic acids is 2. The molecule has 0 atom stereocenters. The van der Waals surface area contributed by atoms with Crippen molar-refractivity contribution in [3.63, 3.8) is 0 Å². The van der Waals surface area contributed by atoms with E-state index in [0.29, 0.717) is 23.9 Å². The van der Waals surface area contributed by atoms with Crippen molar-refractivity contribution in [2.75, 3.05) is 39.4 Å². The van der Waals surface area contributed by atoms with E-state index in [2.05, 4.69) is 5.32 Å². The van der Waals surface area contributed by atoms with Crippen molar-refractivity contribution in [2.24, 2.45) is 0 Å². The molecule has 0 bridgehead atoms. The van der Waals surface area contributed by atoms with Gasteiger partial charge in [-0.2, -0.15) is 0 Å². The number of amides is 1. The summed E-state index contributed by atoms with van der Waals surface area (Å²) in [5, 5.41) is 2.60. The Labute approximate surface area is 176 Å². The first-order valence-electron chi connectivity index (χ1n) is 9.54. The summed E-state index contributed by atoms with van der Waals surface area (Å²) in [6.45, 7) is 4.25. The highest BCUT2D eigenvalue weighted by atomic mass is 16.6. The highest BCUT2D eigenvalue weighted by Gasteiger charge is 2.19. The van der Waals surface area contributed by atoms with Gasteiger partial charge >= 0.3 is 5.97 Å². The van der Waals surface area contributed by atoms with Gasteiger partial charge in [0, 0.05) is 19.1 Å². The Morgan fingerprint density at radius 2 is 1.43 bits per heavy atom. The third-order valence-electron chi connectivity index (χ3n) is 3.94. The molecule has 0 fully saturated rings. The van der Waals surface area contributed by atoms with Crippen molar-refractivity contribution in [2.45, 2.75) is 20.3 Å². The number of ether oxygens (including phenoxy) is 5. The van der Waals surface area contributed by atoms with Crippen LogP contribution in [0.15, 0.2) is 36.4 Å². The standard InChI is InChI=1S/C22H27NO7/c1-5-10-28-16-6-8-17(9-7-16)29-11-12-30-22(25)18-13-20(26-3)21(27-4)14-19(18)23-15(2)24/h6-9,13-14H,5,10-12H2,1-4H3,(H,23,24). The lowest BCUT2D eigenvalue weighted by Crippen LogP contribution is -2.16. The van der Waals surface area contributed by atoms with Crippen molar-refractivity contribution >= 4 is 17.6 Å². The number of nitrogens with one attached hydrogen (secondary N) is 1. The molecule has 2 rings (SSSR count). The Balaban J connectivity index is 1.96. The summed E-state index contributed by atoms with van der Waals surface area (Å²) in [7, 11) is 2.92. The monoisotopic (exact) mass is 417 g/mol.